The van der Waals surface area contributed by atoms with Crippen LogP contribution in [0.3, 0.4) is 0 Å². The van der Waals surface area contributed by atoms with E-state index in [2.05, 4.69) is 17.2 Å². The second-order valence-electron chi connectivity index (χ2n) is 4.85. The Morgan fingerprint density at radius 3 is 2.83 bits per heavy atom. The molecule has 3 rings (SSSR count). The average molecular weight is 244 g/mol. The molecule has 0 saturated heterocycles. The van der Waals surface area contributed by atoms with Crippen molar-refractivity contribution in [2.75, 3.05) is 12.4 Å². The van der Waals surface area contributed by atoms with Crippen LogP contribution in [-0.4, -0.2) is 33.2 Å². The van der Waals surface area contributed by atoms with E-state index in [0.717, 1.165) is 17.5 Å². The molecule has 0 fully saturated rings. The fraction of sp³-hybridized carbons (Fsp3) is 0.385. The van der Waals surface area contributed by atoms with Crippen LogP contribution in [0.1, 0.15) is 20.3 Å². The molecular weight excluding hydrogens is 228 g/mol. The quantitative estimate of drug-likeness (QED) is 0.838. The number of benzene rings is 1. The Hall–Kier alpha value is -2.04. The van der Waals surface area contributed by atoms with Crippen molar-refractivity contribution in [3.8, 4) is 0 Å². The average Bonchev–Trinajstić information content (AvgIpc) is 2.73. The first-order valence-electron chi connectivity index (χ1n) is 6.10. The normalized spacial score (nSPS) is 23.1. The maximum atomic E-state index is 12.5. The predicted molar refractivity (Wildman–Crippen MR) is 70.6 cm³/mol. The zero-order valence-corrected chi connectivity index (χ0v) is 10.8. The van der Waals surface area contributed by atoms with Crippen molar-refractivity contribution in [1.82, 2.24) is 14.5 Å². The van der Waals surface area contributed by atoms with Crippen molar-refractivity contribution in [3.63, 3.8) is 0 Å². The zero-order chi connectivity index (χ0) is 12.9. The molecule has 0 saturated carbocycles. The number of carbonyl (C=O) groups is 1. The summed E-state index contributed by atoms with van der Waals surface area (Å²) in [6.45, 7) is 4.06. The predicted octanol–water partition coefficient (Wildman–Crippen LogP) is 2.49. The lowest BCUT2D eigenvalue weighted by Gasteiger charge is -2.42. The van der Waals surface area contributed by atoms with Crippen LogP contribution in [-0.2, 0) is 0 Å². The number of imidazole rings is 1. The van der Waals surface area contributed by atoms with E-state index in [-0.39, 0.29) is 11.7 Å². The van der Waals surface area contributed by atoms with Gasteiger partial charge in [-0.1, -0.05) is 19.1 Å². The van der Waals surface area contributed by atoms with Gasteiger partial charge in [-0.2, -0.15) is 0 Å². The van der Waals surface area contributed by atoms with Crippen LogP contribution in [0.15, 0.2) is 24.3 Å². The highest BCUT2D eigenvalue weighted by Crippen LogP contribution is 2.30. The van der Waals surface area contributed by atoms with E-state index in [1.807, 2.05) is 38.2 Å². The van der Waals surface area contributed by atoms with Gasteiger partial charge in [-0.3, -0.25) is 0 Å². The summed E-state index contributed by atoms with van der Waals surface area (Å²) in [6, 6.07) is 7.63. The van der Waals surface area contributed by atoms with Gasteiger partial charge in [-0.15, -0.1) is 0 Å². The van der Waals surface area contributed by atoms with Crippen LogP contribution in [0, 0.1) is 0 Å². The van der Waals surface area contributed by atoms with E-state index in [9.17, 15) is 4.79 Å². The molecule has 1 aliphatic heterocycles. The molecular formula is C13H16N4O. The molecule has 2 heterocycles. The molecule has 94 valence electrons. The van der Waals surface area contributed by atoms with Gasteiger partial charge < -0.3 is 10.2 Å². The van der Waals surface area contributed by atoms with Gasteiger partial charge in [0.15, 0.2) is 0 Å². The summed E-state index contributed by atoms with van der Waals surface area (Å²) in [6.07, 6.45) is 0.818. The Morgan fingerprint density at radius 1 is 1.39 bits per heavy atom. The smallest absolute Gasteiger partial charge is 0.333 e. The van der Waals surface area contributed by atoms with Crippen LogP contribution < -0.4 is 5.32 Å². The van der Waals surface area contributed by atoms with Crippen LogP contribution >= 0.6 is 0 Å². The molecule has 1 amide bonds. The topological polar surface area (TPSA) is 50.2 Å². The second-order valence-corrected chi connectivity index (χ2v) is 4.85. The number of nitrogens with zero attached hydrogens (tertiary/aromatic N) is 3. The van der Waals surface area contributed by atoms with Crippen molar-refractivity contribution in [3.05, 3.63) is 24.3 Å². The molecule has 1 aromatic heterocycles. The fourth-order valence-electron chi connectivity index (χ4n) is 2.31. The summed E-state index contributed by atoms with van der Waals surface area (Å²) >= 11 is 0. The van der Waals surface area contributed by atoms with Crippen molar-refractivity contribution in [2.45, 2.75) is 25.9 Å². The standard InChI is InChI=1S/C13H16N4O/c1-4-13(2)15-11-14-9-7-5-6-8-10(9)17(11)12(18)16(13)3/h5-8H,4H2,1-3H3,(H,14,15). The Kier molecular flexibility index (Phi) is 2.14. The van der Waals surface area contributed by atoms with E-state index in [1.54, 1.807) is 9.47 Å². The summed E-state index contributed by atoms with van der Waals surface area (Å²) in [5.41, 5.74) is 1.30. The second kappa shape index (κ2) is 3.48. The van der Waals surface area contributed by atoms with Crippen molar-refractivity contribution in [1.29, 1.82) is 0 Å². The van der Waals surface area contributed by atoms with Crippen LogP contribution in [0.4, 0.5) is 10.7 Å². The number of fused-ring (bicyclic) bond motifs is 3. The zero-order valence-electron chi connectivity index (χ0n) is 10.8. The van der Waals surface area contributed by atoms with Gasteiger partial charge in [0.1, 0.15) is 5.66 Å². The van der Waals surface area contributed by atoms with Gasteiger partial charge in [0.25, 0.3) is 0 Å². The molecule has 0 spiro atoms. The summed E-state index contributed by atoms with van der Waals surface area (Å²) in [7, 11) is 1.82. The number of carbonyl (C=O) groups excluding carboxylic acids is 1. The van der Waals surface area contributed by atoms with Gasteiger partial charge in [0, 0.05) is 7.05 Å². The third-order valence-corrected chi connectivity index (χ3v) is 3.85. The van der Waals surface area contributed by atoms with Crippen molar-refractivity contribution >= 4 is 23.0 Å². The van der Waals surface area contributed by atoms with Gasteiger partial charge >= 0.3 is 6.03 Å². The molecule has 1 unspecified atom stereocenters. The van der Waals surface area contributed by atoms with E-state index in [1.165, 1.54) is 0 Å². The van der Waals surface area contributed by atoms with Gasteiger partial charge in [-0.05, 0) is 25.5 Å². The molecule has 1 atom stereocenters. The molecule has 1 aromatic carbocycles. The third kappa shape index (κ3) is 1.27. The van der Waals surface area contributed by atoms with Crippen molar-refractivity contribution < 1.29 is 4.79 Å². The third-order valence-electron chi connectivity index (χ3n) is 3.85. The highest BCUT2D eigenvalue weighted by Gasteiger charge is 2.39. The van der Waals surface area contributed by atoms with Gasteiger partial charge in [-0.25, -0.2) is 14.3 Å². The Morgan fingerprint density at radius 2 is 2.11 bits per heavy atom. The minimum absolute atomic E-state index is 0.0400. The summed E-state index contributed by atoms with van der Waals surface area (Å²) in [4.78, 5) is 18.7. The van der Waals surface area contributed by atoms with E-state index >= 15 is 0 Å². The number of rotatable bonds is 1. The largest absolute Gasteiger partial charge is 0.333 e. The lowest BCUT2D eigenvalue weighted by molar-refractivity contribution is 0.151. The Bertz CT molecular complexity index is 633. The molecule has 0 bridgehead atoms. The molecule has 5 nitrogen and oxygen atoms in total. The first-order valence-corrected chi connectivity index (χ1v) is 6.10. The maximum absolute atomic E-state index is 12.5. The fourth-order valence-corrected chi connectivity index (χ4v) is 2.31. The first-order chi connectivity index (χ1) is 8.57. The molecule has 1 N–H and O–H groups in total. The molecule has 18 heavy (non-hydrogen) atoms. The van der Waals surface area contributed by atoms with E-state index in [0.29, 0.717) is 5.95 Å². The SMILES string of the molecule is CCC1(C)Nc2nc3ccccc3n2C(=O)N1C. The number of anilines is 1. The van der Waals surface area contributed by atoms with E-state index in [4.69, 9.17) is 0 Å². The van der Waals surface area contributed by atoms with E-state index < -0.39 is 0 Å². The first kappa shape index (κ1) is 11.1. The number of nitrogens with one attached hydrogen (secondary N) is 1. The summed E-state index contributed by atoms with van der Waals surface area (Å²) in [5.74, 6) is 0.628. The van der Waals surface area contributed by atoms with Crippen LogP contribution in [0.5, 0.6) is 0 Å². The Balaban J connectivity index is 2.25. The Labute approximate surface area is 105 Å². The molecule has 5 heteroatoms. The molecule has 0 radical (unpaired) electrons. The highest BCUT2D eigenvalue weighted by molar-refractivity contribution is 5.94. The highest BCUT2D eigenvalue weighted by atomic mass is 16.2. The lowest BCUT2D eigenvalue weighted by atomic mass is 10.1. The summed E-state index contributed by atoms with van der Waals surface area (Å²) in [5, 5.41) is 3.35. The molecule has 1 aliphatic rings. The number of hydrogen-bond acceptors (Lipinski definition) is 3. The number of amides is 1. The van der Waals surface area contributed by atoms with Crippen LogP contribution in [0.2, 0.25) is 0 Å². The van der Waals surface area contributed by atoms with Crippen LogP contribution in [0.25, 0.3) is 11.0 Å². The minimum Gasteiger partial charge on any atom is -0.333 e. The molecule has 0 aliphatic carbocycles. The minimum atomic E-state index is -0.380. The lowest BCUT2D eigenvalue weighted by Crippen LogP contribution is -2.57. The van der Waals surface area contributed by atoms with Crippen molar-refractivity contribution in [2.24, 2.45) is 0 Å². The monoisotopic (exact) mass is 244 g/mol. The number of aromatic nitrogens is 2. The van der Waals surface area contributed by atoms with Gasteiger partial charge in [0.2, 0.25) is 5.95 Å². The van der Waals surface area contributed by atoms with Gasteiger partial charge in [0.05, 0.1) is 11.0 Å². The summed E-state index contributed by atoms with van der Waals surface area (Å²) < 4.78 is 1.63. The number of hydrogen-bond donors (Lipinski definition) is 1. The maximum Gasteiger partial charge on any atom is 0.333 e. The molecule has 2 aromatic rings. The number of para-hydroxylation sites is 2.